The Balaban J connectivity index is 1.60. The van der Waals surface area contributed by atoms with Gasteiger partial charge in [-0.25, -0.2) is 9.78 Å². The number of carbonyl (C=O) groups excluding carboxylic acids is 3. The van der Waals surface area contributed by atoms with Crippen molar-refractivity contribution in [3.05, 3.63) is 76.2 Å². The second-order valence-electron chi connectivity index (χ2n) is 6.43. The van der Waals surface area contributed by atoms with Gasteiger partial charge in [0.1, 0.15) is 0 Å². The van der Waals surface area contributed by atoms with Crippen molar-refractivity contribution in [1.82, 2.24) is 4.98 Å². The number of anilines is 1. The summed E-state index contributed by atoms with van der Waals surface area (Å²) in [5.74, 6) is -0.431. The Labute approximate surface area is 182 Å². The van der Waals surface area contributed by atoms with Crippen LogP contribution in [-0.2, 0) is 15.3 Å². The van der Waals surface area contributed by atoms with E-state index in [2.05, 4.69) is 10.3 Å². The fourth-order valence-electron chi connectivity index (χ4n) is 2.53. The zero-order chi connectivity index (χ0) is 21.5. The summed E-state index contributed by atoms with van der Waals surface area (Å²) in [6.07, 6.45) is -0.985. The van der Waals surface area contributed by atoms with Gasteiger partial charge in [-0.1, -0.05) is 12.1 Å². The number of ether oxygens (including phenoxy) is 1. The summed E-state index contributed by atoms with van der Waals surface area (Å²) in [6, 6.07) is 13.6. The molecule has 6 nitrogen and oxygen atoms in total. The van der Waals surface area contributed by atoms with Gasteiger partial charge in [0.15, 0.2) is 11.9 Å². The van der Waals surface area contributed by atoms with E-state index in [9.17, 15) is 14.4 Å². The molecule has 0 saturated carbocycles. The SMILES string of the molecule is CC(=O)c1ccc(NC(=O)C(C)OC(=O)c2ccccc2SCc2cscn2)cc1. The maximum absolute atomic E-state index is 12.6. The molecule has 1 atom stereocenters. The molecule has 1 N–H and O–H groups in total. The van der Waals surface area contributed by atoms with Gasteiger partial charge in [-0.15, -0.1) is 23.1 Å². The average molecular weight is 441 g/mol. The lowest BCUT2D eigenvalue weighted by molar-refractivity contribution is -0.123. The minimum absolute atomic E-state index is 0.0542. The van der Waals surface area contributed by atoms with E-state index in [1.54, 1.807) is 41.9 Å². The van der Waals surface area contributed by atoms with Gasteiger partial charge in [-0.2, -0.15) is 0 Å². The molecule has 1 unspecified atom stereocenters. The molecule has 154 valence electrons. The van der Waals surface area contributed by atoms with Crippen LogP contribution in [0.3, 0.4) is 0 Å². The Morgan fingerprint density at radius 2 is 1.87 bits per heavy atom. The van der Waals surface area contributed by atoms with E-state index in [0.29, 0.717) is 22.6 Å². The van der Waals surface area contributed by atoms with Gasteiger partial charge in [-0.3, -0.25) is 9.59 Å². The highest BCUT2D eigenvalue weighted by atomic mass is 32.2. The van der Waals surface area contributed by atoms with Crippen LogP contribution in [0.4, 0.5) is 5.69 Å². The lowest BCUT2D eigenvalue weighted by atomic mass is 10.1. The van der Waals surface area contributed by atoms with E-state index in [-0.39, 0.29) is 5.78 Å². The minimum atomic E-state index is -0.985. The number of rotatable bonds is 8. The van der Waals surface area contributed by atoms with Crippen LogP contribution >= 0.6 is 23.1 Å². The van der Waals surface area contributed by atoms with Crippen LogP contribution < -0.4 is 5.32 Å². The number of Topliss-reactive ketones (excluding diaryl/α,β-unsaturated/α-hetero) is 1. The third-order valence-electron chi connectivity index (χ3n) is 4.18. The number of nitrogens with zero attached hydrogens (tertiary/aromatic N) is 1. The normalized spacial score (nSPS) is 11.5. The Hall–Kier alpha value is -2.97. The van der Waals surface area contributed by atoms with Crippen LogP contribution in [0.2, 0.25) is 0 Å². The van der Waals surface area contributed by atoms with E-state index in [0.717, 1.165) is 10.6 Å². The van der Waals surface area contributed by atoms with Crippen LogP contribution in [0.5, 0.6) is 0 Å². The summed E-state index contributed by atoms with van der Waals surface area (Å²) in [5, 5.41) is 4.64. The fourth-order valence-corrected chi connectivity index (χ4v) is 4.14. The van der Waals surface area contributed by atoms with Gasteiger partial charge in [-0.05, 0) is 50.2 Å². The molecular weight excluding hydrogens is 420 g/mol. The Morgan fingerprint density at radius 3 is 2.53 bits per heavy atom. The largest absolute Gasteiger partial charge is 0.449 e. The van der Waals surface area contributed by atoms with Gasteiger partial charge in [0.25, 0.3) is 5.91 Å². The predicted octanol–water partition coefficient (Wildman–Crippen LogP) is 4.82. The summed E-state index contributed by atoms with van der Waals surface area (Å²) in [4.78, 5) is 41.4. The first-order valence-corrected chi connectivity index (χ1v) is 11.1. The summed E-state index contributed by atoms with van der Waals surface area (Å²) >= 11 is 3.01. The van der Waals surface area contributed by atoms with Crippen molar-refractivity contribution in [3.63, 3.8) is 0 Å². The molecule has 3 aromatic rings. The molecule has 1 heterocycles. The van der Waals surface area contributed by atoms with Crippen LogP contribution in [0.1, 0.15) is 40.3 Å². The molecule has 0 aliphatic carbocycles. The molecule has 2 aromatic carbocycles. The second kappa shape index (κ2) is 10.2. The molecule has 0 aliphatic rings. The molecule has 0 aliphatic heterocycles. The molecule has 0 saturated heterocycles. The van der Waals surface area contributed by atoms with Crippen molar-refractivity contribution in [3.8, 4) is 0 Å². The lowest BCUT2D eigenvalue weighted by Gasteiger charge is -2.15. The van der Waals surface area contributed by atoms with Gasteiger partial charge >= 0.3 is 5.97 Å². The van der Waals surface area contributed by atoms with Crippen molar-refractivity contribution < 1.29 is 19.1 Å². The summed E-state index contributed by atoms with van der Waals surface area (Å²) in [7, 11) is 0. The zero-order valence-electron chi connectivity index (χ0n) is 16.5. The Kier molecular flexibility index (Phi) is 7.37. The molecule has 1 amide bonds. The van der Waals surface area contributed by atoms with Gasteiger partial charge in [0.05, 0.1) is 16.8 Å². The Bertz CT molecular complexity index is 1030. The maximum Gasteiger partial charge on any atom is 0.340 e. The Morgan fingerprint density at radius 1 is 1.13 bits per heavy atom. The van der Waals surface area contributed by atoms with E-state index in [4.69, 9.17) is 4.74 Å². The molecule has 8 heteroatoms. The molecule has 1 aromatic heterocycles. The number of thioether (sulfide) groups is 1. The fraction of sp³-hybridized carbons (Fsp3) is 0.182. The number of thiazole rings is 1. The zero-order valence-corrected chi connectivity index (χ0v) is 18.1. The number of hydrogen-bond acceptors (Lipinski definition) is 7. The highest BCUT2D eigenvalue weighted by molar-refractivity contribution is 7.98. The molecule has 30 heavy (non-hydrogen) atoms. The number of carbonyl (C=O) groups is 3. The first kappa shape index (κ1) is 21.7. The monoisotopic (exact) mass is 440 g/mol. The lowest BCUT2D eigenvalue weighted by Crippen LogP contribution is -2.30. The molecule has 0 spiro atoms. The molecular formula is C22H20N2O4S2. The number of benzene rings is 2. The number of nitrogens with one attached hydrogen (secondary N) is 1. The van der Waals surface area contributed by atoms with Crippen molar-refractivity contribution in [2.24, 2.45) is 0 Å². The molecule has 3 rings (SSSR count). The van der Waals surface area contributed by atoms with E-state index in [1.807, 2.05) is 17.5 Å². The summed E-state index contributed by atoms with van der Waals surface area (Å²) in [5.41, 5.74) is 4.19. The number of aromatic nitrogens is 1. The van der Waals surface area contributed by atoms with Crippen LogP contribution in [0.25, 0.3) is 0 Å². The third-order valence-corrected chi connectivity index (χ3v) is 5.92. The minimum Gasteiger partial charge on any atom is -0.449 e. The number of amides is 1. The average Bonchev–Trinajstić information content (AvgIpc) is 3.26. The number of hydrogen-bond donors (Lipinski definition) is 1. The van der Waals surface area contributed by atoms with Gasteiger partial charge in [0, 0.05) is 27.3 Å². The van der Waals surface area contributed by atoms with Crippen LogP contribution in [0.15, 0.2) is 64.3 Å². The smallest absolute Gasteiger partial charge is 0.340 e. The van der Waals surface area contributed by atoms with Crippen molar-refractivity contribution >= 4 is 46.4 Å². The first-order valence-electron chi connectivity index (χ1n) is 9.16. The molecule has 0 radical (unpaired) electrons. The highest BCUT2D eigenvalue weighted by Gasteiger charge is 2.21. The summed E-state index contributed by atoms with van der Waals surface area (Å²) < 4.78 is 5.38. The maximum atomic E-state index is 12.6. The van der Waals surface area contributed by atoms with Gasteiger partial charge < -0.3 is 10.1 Å². The van der Waals surface area contributed by atoms with E-state index < -0.39 is 18.0 Å². The first-order chi connectivity index (χ1) is 14.4. The molecule has 0 fully saturated rings. The van der Waals surface area contributed by atoms with E-state index >= 15 is 0 Å². The van der Waals surface area contributed by atoms with Crippen molar-refractivity contribution in [2.45, 2.75) is 30.6 Å². The van der Waals surface area contributed by atoms with Crippen molar-refractivity contribution in [1.29, 1.82) is 0 Å². The second-order valence-corrected chi connectivity index (χ2v) is 8.17. The summed E-state index contributed by atoms with van der Waals surface area (Å²) in [6.45, 7) is 2.99. The van der Waals surface area contributed by atoms with Crippen LogP contribution in [0, 0.1) is 0 Å². The number of ketones is 1. The topological polar surface area (TPSA) is 85.4 Å². The van der Waals surface area contributed by atoms with E-state index in [1.165, 1.54) is 36.9 Å². The van der Waals surface area contributed by atoms with Crippen molar-refractivity contribution in [2.75, 3.05) is 5.32 Å². The van der Waals surface area contributed by atoms with Gasteiger partial charge in [0.2, 0.25) is 0 Å². The molecule has 0 bridgehead atoms. The standard InChI is InChI=1S/C22H20N2O4S2/c1-14(25)16-7-9-17(10-8-16)24-21(26)15(2)28-22(27)19-5-3-4-6-20(19)30-12-18-11-29-13-23-18/h3-11,13,15H,12H2,1-2H3,(H,24,26). The van der Waals surface area contributed by atoms with Crippen LogP contribution in [-0.4, -0.2) is 28.7 Å². The highest BCUT2D eigenvalue weighted by Crippen LogP contribution is 2.27. The third kappa shape index (κ3) is 5.77. The number of esters is 1. The quantitative estimate of drug-likeness (QED) is 0.307. The predicted molar refractivity (Wildman–Crippen MR) is 118 cm³/mol.